The number of nitrogens with zero attached hydrogens (tertiary/aromatic N) is 1. The molecule has 3 aromatic carbocycles. The zero-order valence-corrected chi connectivity index (χ0v) is 19.2. The topological polar surface area (TPSA) is 68.3 Å². The number of oxazole rings is 1. The SMILES string of the molecule is O=C(Nc1ccc2oc(Cc3ccc(Cl)cc3)nc2c1)c1ccc(-c2ccc(Cl)c(Cl)c2)o1. The minimum absolute atomic E-state index is 0.166. The van der Waals surface area contributed by atoms with Gasteiger partial charge in [0.05, 0.1) is 10.0 Å². The molecule has 0 radical (unpaired) electrons. The summed E-state index contributed by atoms with van der Waals surface area (Å²) in [7, 11) is 0. The van der Waals surface area contributed by atoms with Gasteiger partial charge in [-0.15, -0.1) is 0 Å². The van der Waals surface area contributed by atoms with Crippen LogP contribution in [0, 0.1) is 0 Å². The second-order valence-electron chi connectivity index (χ2n) is 7.34. The van der Waals surface area contributed by atoms with Crippen molar-refractivity contribution >= 4 is 57.5 Å². The molecule has 0 unspecified atom stereocenters. The number of aromatic nitrogens is 1. The van der Waals surface area contributed by atoms with Crippen molar-refractivity contribution in [3.05, 3.63) is 105 Å². The van der Waals surface area contributed by atoms with Crippen LogP contribution in [0.2, 0.25) is 15.1 Å². The summed E-state index contributed by atoms with van der Waals surface area (Å²) in [6.45, 7) is 0. The Morgan fingerprint density at radius 1 is 0.848 bits per heavy atom. The predicted octanol–water partition coefficient (Wildman–Crippen LogP) is 7.89. The molecule has 5 rings (SSSR count). The van der Waals surface area contributed by atoms with Crippen molar-refractivity contribution in [2.24, 2.45) is 0 Å². The van der Waals surface area contributed by atoms with Crippen LogP contribution in [0.15, 0.2) is 81.6 Å². The molecule has 164 valence electrons. The average molecular weight is 498 g/mol. The van der Waals surface area contributed by atoms with Gasteiger partial charge in [-0.25, -0.2) is 4.98 Å². The van der Waals surface area contributed by atoms with Gasteiger partial charge in [0.15, 0.2) is 17.2 Å². The van der Waals surface area contributed by atoms with Crippen LogP contribution in [-0.4, -0.2) is 10.9 Å². The maximum Gasteiger partial charge on any atom is 0.291 e. The first-order valence-corrected chi connectivity index (χ1v) is 11.1. The number of hydrogen-bond acceptors (Lipinski definition) is 4. The number of furan rings is 1. The first-order valence-electron chi connectivity index (χ1n) is 9.95. The van der Waals surface area contributed by atoms with Gasteiger partial charge in [-0.2, -0.15) is 0 Å². The third kappa shape index (κ3) is 4.76. The molecule has 5 nitrogen and oxygen atoms in total. The number of hydrogen-bond donors (Lipinski definition) is 1. The van der Waals surface area contributed by atoms with Crippen molar-refractivity contribution in [1.82, 2.24) is 4.98 Å². The number of nitrogens with one attached hydrogen (secondary N) is 1. The van der Waals surface area contributed by atoms with Gasteiger partial charge >= 0.3 is 0 Å². The number of anilines is 1. The number of amides is 1. The molecular weight excluding hydrogens is 483 g/mol. The fourth-order valence-electron chi connectivity index (χ4n) is 3.36. The van der Waals surface area contributed by atoms with E-state index >= 15 is 0 Å². The summed E-state index contributed by atoms with van der Waals surface area (Å²) in [5.41, 5.74) is 3.62. The summed E-state index contributed by atoms with van der Waals surface area (Å²) in [4.78, 5) is 17.2. The van der Waals surface area contributed by atoms with Crippen LogP contribution in [0.25, 0.3) is 22.4 Å². The molecule has 1 N–H and O–H groups in total. The summed E-state index contributed by atoms with van der Waals surface area (Å²) in [6.07, 6.45) is 0.539. The van der Waals surface area contributed by atoms with Crippen LogP contribution in [0.5, 0.6) is 0 Å². The highest BCUT2D eigenvalue weighted by molar-refractivity contribution is 6.42. The van der Waals surface area contributed by atoms with Gasteiger partial charge in [0.2, 0.25) is 0 Å². The zero-order valence-electron chi connectivity index (χ0n) is 16.9. The Labute approximate surface area is 203 Å². The van der Waals surface area contributed by atoms with Crippen molar-refractivity contribution in [1.29, 1.82) is 0 Å². The summed E-state index contributed by atoms with van der Waals surface area (Å²) >= 11 is 18.0. The average Bonchev–Trinajstić information content (AvgIpc) is 3.44. The summed E-state index contributed by atoms with van der Waals surface area (Å²) in [6, 6.07) is 21.2. The molecule has 1 amide bonds. The van der Waals surface area contributed by atoms with Gasteiger partial charge < -0.3 is 14.2 Å². The lowest BCUT2D eigenvalue weighted by Crippen LogP contribution is -2.10. The highest BCUT2D eigenvalue weighted by Gasteiger charge is 2.15. The van der Waals surface area contributed by atoms with Crippen molar-refractivity contribution < 1.29 is 13.6 Å². The Bertz CT molecular complexity index is 1470. The van der Waals surface area contributed by atoms with Crippen LogP contribution < -0.4 is 5.32 Å². The van der Waals surface area contributed by atoms with E-state index in [0.717, 1.165) is 11.1 Å². The van der Waals surface area contributed by atoms with E-state index in [-0.39, 0.29) is 11.7 Å². The molecule has 0 saturated heterocycles. The van der Waals surface area contributed by atoms with Gasteiger partial charge in [0.1, 0.15) is 11.3 Å². The molecule has 0 saturated carbocycles. The molecule has 0 fully saturated rings. The number of rotatable bonds is 5. The van der Waals surface area contributed by atoms with Crippen molar-refractivity contribution in [3.8, 4) is 11.3 Å². The molecule has 5 aromatic rings. The van der Waals surface area contributed by atoms with Crippen molar-refractivity contribution in [2.45, 2.75) is 6.42 Å². The first-order chi connectivity index (χ1) is 15.9. The highest BCUT2D eigenvalue weighted by Crippen LogP contribution is 2.30. The normalized spacial score (nSPS) is 11.1. The minimum Gasteiger partial charge on any atom is -0.451 e. The van der Waals surface area contributed by atoms with Crippen molar-refractivity contribution in [2.75, 3.05) is 5.32 Å². The number of halogens is 3. The quantitative estimate of drug-likeness (QED) is 0.268. The lowest BCUT2D eigenvalue weighted by molar-refractivity contribution is 0.0997. The zero-order chi connectivity index (χ0) is 22.9. The standard InChI is InChI=1S/C25H15Cl3N2O3/c26-16-4-1-14(2-5-16)11-24-30-20-13-17(6-8-22(20)33-24)29-25(31)23-10-9-21(32-23)15-3-7-18(27)19(28)12-15/h1-10,12-13H,11H2,(H,29,31). The summed E-state index contributed by atoms with van der Waals surface area (Å²) in [5, 5.41) is 4.36. The highest BCUT2D eigenvalue weighted by atomic mass is 35.5. The Morgan fingerprint density at radius 2 is 1.67 bits per heavy atom. The fourth-order valence-corrected chi connectivity index (χ4v) is 3.79. The minimum atomic E-state index is -0.384. The molecule has 0 spiro atoms. The Morgan fingerprint density at radius 3 is 2.45 bits per heavy atom. The lowest BCUT2D eigenvalue weighted by atomic mass is 10.1. The van der Waals surface area contributed by atoms with Crippen LogP contribution in [0.1, 0.15) is 22.0 Å². The Kier molecular flexibility index (Phi) is 5.85. The van der Waals surface area contributed by atoms with E-state index in [1.807, 2.05) is 24.3 Å². The Balaban J connectivity index is 1.31. The van der Waals surface area contributed by atoms with E-state index in [2.05, 4.69) is 10.3 Å². The van der Waals surface area contributed by atoms with Gasteiger partial charge in [-0.05, 0) is 66.2 Å². The van der Waals surface area contributed by atoms with Gasteiger partial charge in [-0.3, -0.25) is 4.79 Å². The number of benzene rings is 3. The number of carbonyl (C=O) groups is 1. The van der Waals surface area contributed by atoms with Gasteiger partial charge in [0.25, 0.3) is 5.91 Å². The summed E-state index contributed by atoms with van der Waals surface area (Å²) < 4.78 is 11.5. The largest absolute Gasteiger partial charge is 0.451 e. The van der Waals surface area contributed by atoms with Crippen LogP contribution in [-0.2, 0) is 6.42 Å². The van der Waals surface area contributed by atoms with E-state index < -0.39 is 0 Å². The monoisotopic (exact) mass is 496 g/mol. The maximum atomic E-state index is 12.7. The second-order valence-corrected chi connectivity index (χ2v) is 8.59. The van der Waals surface area contributed by atoms with E-state index in [4.69, 9.17) is 43.6 Å². The molecule has 2 heterocycles. The molecule has 2 aromatic heterocycles. The fraction of sp³-hybridized carbons (Fsp3) is 0.0400. The summed E-state index contributed by atoms with van der Waals surface area (Å²) in [5.74, 6) is 0.871. The third-order valence-electron chi connectivity index (χ3n) is 4.99. The molecular formula is C25H15Cl3N2O3. The van der Waals surface area contributed by atoms with E-state index in [1.54, 1.807) is 48.5 Å². The van der Waals surface area contributed by atoms with E-state index in [0.29, 0.717) is 49.9 Å². The Hall–Kier alpha value is -3.25. The predicted molar refractivity (Wildman–Crippen MR) is 130 cm³/mol. The van der Waals surface area contributed by atoms with E-state index in [1.165, 1.54) is 0 Å². The van der Waals surface area contributed by atoms with E-state index in [9.17, 15) is 4.79 Å². The maximum absolute atomic E-state index is 12.7. The number of carbonyl (C=O) groups excluding carboxylic acids is 1. The molecule has 8 heteroatoms. The third-order valence-corrected chi connectivity index (χ3v) is 5.98. The van der Waals surface area contributed by atoms with Crippen LogP contribution >= 0.6 is 34.8 Å². The number of fused-ring (bicyclic) bond motifs is 1. The lowest BCUT2D eigenvalue weighted by Gasteiger charge is -2.03. The molecule has 0 aliphatic carbocycles. The first kappa shape index (κ1) is 21.6. The molecule has 0 aliphatic heterocycles. The molecule has 0 atom stereocenters. The molecule has 0 aliphatic rings. The van der Waals surface area contributed by atoms with Gasteiger partial charge in [-0.1, -0.05) is 46.9 Å². The smallest absolute Gasteiger partial charge is 0.291 e. The second kappa shape index (κ2) is 8.94. The van der Waals surface area contributed by atoms with Crippen molar-refractivity contribution in [3.63, 3.8) is 0 Å². The van der Waals surface area contributed by atoms with Crippen LogP contribution in [0.4, 0.5) is 5.69 Å². The molecule has 33 heavy (non-hydrogen) atoms. The van der Waals surface area contributed by atoms with Gasteiger partial charge in [0, 0.05) is 22.7 Å². The van der Waals surface area contributed by atoms with Crippen LogP contribution in [0.3, 0.4) is 0 Å². The molecule has 0 bridgehead atoms.